The highest BCUT2D eigenvalue weighted by atomic mass is 16.2. The maximum absolute atomic E-state index is 12.5. The standard InChI is InChI=1S/C28H28N2O2/c1-18-8-2-3-9-20(18)28(32)29-15-14-26(31)30-17-19-16-25-21-10-4-6-12-23(21)27(19)24-13-7-5-11-22(24)25/h2-13,19,25,27H,14-17H2,1H3,(H,29,32)(H,30,31). The van der Waals surface area contributed by atoms with Crippen LogP contribution in [0.2, 0.25) is 0 Å². The molecule has 3 aliphatic rings. The first-order valence-electron chi connectivity index (χ1n) is 11.4. The van der Waals surface area contributed by atoms with Crippen LogP contribution in [0.5, 0.6) is 0 Å². The van der Waals surface area contributed by atoms with Gasteiger partial charge in [-0.1, -0.05) is 66.7 Å². The Morgan fingerprint density at radius 1 is 0.812 bits per heavy atom. The molecule has 0 spiro atoms. The van der Waals surface area contributed by atoms with Gasteiger partial charge in [0.15, 0.2) is 0 Å². The number of aryl methyl sites for hydroxylation is 1. The van der Waals surface area contributed by atoms with E-state index in [0.717, 1.165) is 12.0 Å². The quantitative estimate of drug-likeness (QED) is 0.611. The molecule has 32 heavy (non-hydrogen) atoms. The predicted octanol–water partition coefficient (Wildman–Crippen LogP) is 4.53. The summed E-state index contributed by atoms with van der Waals surface area (Å²) in [5.74, 6) is 0.971. The number of amides is 2. The molecule has 0 heterocycles. The van der Waals surface area contributed by atoms with Crippen LogP contribution < -0.4 is 10.6 Å². The largest absolute Gasteiger partial charge is 0.356 e. The van der Waals surface area contributed by atoms with Crippen LogP contribution in [0.15, 0.2) is 72.8 Å². The SMILES string of the molecule is Cc1ccccc1C(=O)NCCC(=O)NCC1CC2c3ccccc3C1c1ccccc12. The highest BCUT2D eigenvalue weighted by Crippen LogP contribution is 2.55. The molecule has 4 nitrogen and oxygen atoms in total. The summed E-state index contributed by atoms with van der Waals surface area (Å²) in [5, 5.41) is 6.00. The third kappa shape index (κ3) is 3.70. The lowest BCUT2D eigenvalue weighted by Crippen LogP contribution is -2.40. The van der Waals surface area contributed by atoms with E-state index in [4.69, 9.17) is 0 Å². The molecule has 6 rings (SSSR count). The zero-order chi connectivity index (χ0) is 22.1. The summed E-state index contributed by atoms with van der Waals surface area (Å²) >= 11 is 0. The fraction of sp³-hybridized carbons (Fsp3) is 0.286. The number of benzene rings is 3. The van der Waals surface area contributed by atoms with Crippen LogP contribution in [0.4, 0.5) is 0 Å². The minimum Gasteiger partial charge on any atom is -0.356 e. The van der Waals surface area contributed by atoms with E-state index >= 15 is 0 Å². The van der Waals surface area contributed by atoms with Gasteiger partial charge in [0.05, 0.1) is 0 Å². The molecule has 3 aromatic carbocycles. The monoisotopic (exact) mass is 424 g/mol. The molecule has 2 amide bonds. The third-order valence-electron chi connectivity index (χ3n) is 7.01. The average Bonchev–Trinajstić information content (AvgIpc) is 2.83. The maximum Gasteiger partial charge on any atom is 0.251 e. The van der Waals surface area contributed by atoms with Crippen LogP contribution in [0.3, 0.4) is 0 Å². The summed E-state index contributed by atoms with van der Waals surface area (Å²) in [4.78, 5) is 24.8. The van der Waals surface area contributed by atoms with Crippen LogP contribution in [0, 0.1) is 12.8 Å². The molecule has 0 saturated heterocycles. The number of rotatable bonds is 6. The Bertz CT molecular complexity index is 1120. The van der Waals surface area contributed by atoms with E-state index in [9.17, 15) is 9.59 Å². The molecule has 0 aliphatic heterocycles. The lowest BCUT2D eigenvalue weighted by Gasteiger charge is -2.45. The van der Waals surface area contributed by atoms with E-state index in [-0.39, 0.29) is 18.2 Å². The van der Waals surface area contributed by atoms with Gasteiger partial charge in [-0.15, -0.1) is 0 Å². The number of nitrogens with one attached hydrogen (secondary N) is 2. The molecule has 3 aliphatic carbocycles. The summed E-state index contributed by atoms with van der Waals surface area (Å²) < 4.78 is 0. The Labute approximate surface area is 189 Å². The van der Waals surface area contributed by atoms with E-state index in [1.807, 2.05) is 25.1 Å². The first kappa shape index (κ1) is 20.5. The van der Waals surface area contributed by atoms with Crippen molar-refractivity contribution in [2.45, 2.75) is 31.6 Å². The summed E-state index contributed by atoms with van der Waals surface area (Å²) in [6.07, 6.45) is 1.34. The molecular formula is C28H28N2O2. The Kier molecular flexibility index (Phi) is 5.52. The second-order valence-electron chi connectivity index (χ2n) is 8.91. The number of carbonyl (C=O) groups is 2. The molecule has 0 aromatic heterocycles. The fourth-order valence-electron chi connectivity index (χ4n) is 5.51. The van der Waals surface area contributed by atoms with Gasteiger partial charge in [-0.3, -0.25) is 9.59 Å². The van der Waals surface area contributed by atoms with Crippen molar-refractivity contribution in [3.63, 3.8) is 0 Å². The highest BCUT2D eigenvalue weighted by molar-refractivity contribution is 5.95. The smallest absolute Gasteiger partial charge is 0.251 e. The van der Waals surface area contributed by atoms with Crippen molar-refractivity contribution in [2.75, 3.05) is 13.1 Å². The third-order valence-corrected chi connectivity index (χ3v) is 7.01. The average molecular weight is 425 g/mol. The molecule has 0 fully saturated rings. The van der Waals surface area contributed by atoms with Crippen LogP contribution in [-0.4, -0.2) is 24.9 Å². The molecular weight excluding hydrogens is 396 g/mol. The van der Waals surface area contributed by atoms with Crippen molar-refractivity contribution in [1.82, 2.24) is 10.6 Å². The van der Waals surface area contributed by atoms with Crippen LogP contribution in [0.25, 0.3) is 0 Å². The van der Waals surface area contributed by atoms with Crippen molar-refractivity contribution in [3.8, 4) is 0 Å². The lowest BCUT2D eigenvalue weighted by atomic mass is 9.59. The molecule has 3 aromatic rings. The van der Waals surface area contributed by atoms with Crippen molar-refractivity contribution in [1.29, 1.82) is 0 Å². The van der Waals surface area contributed by atoms with E-state index in [1.54, 1.807) is 6.07 Å². The zero-order valence-electron chi connectivity index (χ0n) is 18.3. The van der Waals surface area contributed by atoms with Crippen LogP contribution in [0.1, 0.15) is 62.9 Å². The predicted molar refractivity (Wildman–Crippen MR) is 126 cm³/mol. The topological polar surface area (TPSA) is 58.2 Å². The normalized spacial score (nSPS) is 20.2. The van der Waals surface area contributed by atoms with Crippen LogP contribution >= 0.6 is 0 Å². The molecule has 2 N–H and O–H groups in total. The van der Waals surface area contributed by atoms with Gasteiger partial charge in [-0.25, -0.2) is 0 Å². The van der Waals surface area contributed by atoms with Crippen molar-refractivity contribution in [2.24, 2.45) is 5.92 Å². The molecule has 1 unspecified atom stereocenters. The first-order valence-corrected chi connectivity index (χ1v) is 11.4. The summed E-state index contributed by atoms with van der Waals surface area (Å²) in [6, 6.07) is 25.0. The number of hydrogen-bond donors (Lipinski definition) is 2. The van der Waals surface area contributed by atoms with E-state index < -0.39 is 0 Å². The van der Waals surface area contributed by atoms with E-state index in [0.29, 0.717) is 36.4 Å². The van der Waals surface area contributed by atoms with Crippen molar-refractivity contribution in [3.05, 3.63) is 106 Å². The number of fused-ring (bicyclic) bond motifs is 1. The van der Waals surface area contributed by atoms with Gasteiger partial charge in [0.1, 0.15) is 0 Å². The zero-order valence-corrected chi connectivity index (χ0v) is 18.3. The summed E-state index contributed by atoms with van der Waals surface area (Å²) in [6.45, 7) is 2.91. The highest BCUT2D eigenvalue weighted by Gasteiger charge is 2.42. The van der Waals surface area contributed by atoms with Gasteiger partial charge in [-0.2, -0.15) is 0 Å². The fourth-order valence-corrected chi connectivity index (χ4v) is 5.51. The van der Waals surface area contributed by atoms with Gasteiger partial charge in [0, 0.05) is 36.9 Å². The molecule has 2 bridgehead atoms. The van der Waals surface area contributed by atoms with Crippen molar-refractivity contribution < 1.29 is 9.59 Å². The van der Waals surface area contributed by atoms with E-state index in [1.165, 1.54) is 22.3 Å². The first-order chi connectivity index (χ1) is 15.6. The molecule has 4 heteroatoms. The molecule has 162 valence electrons. The Hall–Kier alpha value is -3.40. The Morgan fingerprint density at radius 3 is 2.06 bits per heavy atom. The Morgan fingerprint density at radius 2 is 1.41 bits per heavy atom. The van der Waals surface area contributed by atoms with Gasteiger partial charge in [-0.05, 0) is 53.1 Å². The molecule has 1 atom stereocenters. The van der Waals surface area contributed by atoms with Gasteiger partial charge in [0.25, 0.3) is 5.91 Å². The Balaban J connectivity index is 1.19. The van der Waals surface area contributed by atoms with Crippen molar-refractivity contribution >= 4 is 11.8 Å². The number of carbonyl (C=O) groups excluding carboxylic acids is 2. The second kappa shape index (κ2) is 8.62. The minimum absolute atomic E-state index is 0.0156. The second-order valence-corrected chi connectivity index (χ2v) is 8.91. The maximum atomic E-state index is 12.5. The number of hydrogen-bond acceptors (Lipinski definition) is 2. The molecule has 0 saturated carbocycles. The summed E-state index contributed by atoms with van der Waals surface area (Å²) in [5.41, 5.74) is 7.29. The van der Waals surface area contributed by atoms with Gasteiger partial charge < -0.3 is 10.6 Å². The molecule has 0 radical (unpaired) electrons. The van der Waals surface area contributed by atoms with Crippen LogP contribution in [-0.2, 0) is 4.79 Å². The van der Waals surface area contributed by atoms with E-state index in [2.05, 4.69) is 59.2 Å². The van der Waals surface area contributed by atoms with Gasteiger partial charge >= 0.3 is 0 Å². The lowest BCUT2D eigenvalue weighted by molar-refractivity contribution is -0.121. The summed E-state index contributed by atoms with van der Waals surface area (Å²) in [7, 11) is 0. The van der Waals surface area contributed by atoms with Gasteiger partial charge in [0.2, 0.25) is 5.91 Å². The minimum atomic E-state index is -0.131.